The molecule has 2 aromatic carbocycles. The molecule has 22 heavy (non-hydrogen) atoms. The molecule has 1 N–H and O–H groups in total. The maximum absolute atomic E-state index is 12.7. The summed E-state index contributed by atoms with van der Waals surface area (Å²) in [6.07, 6.45) is 5.06. The molecular weight excluding hydrogens is 283 g/mol. The number of carbonyl (C=O) groups excluding carboxylic acids is 1. The molecule has 0 saturated heterocycles. The molecule has 1 amide bonds. The fourth-order valence-electron chi connectivity index (χ4n) is 1.58. The van der Waals surface area contributed by atoms with Crippen LogP contribution >= 0.6 is 0 Å². The summed E-state index contributed by atoms with van der Waals surface area (Å²) in [6, 6.07) is 15.2. The first-order valence-corrected chi connectivity index (χ1v) is 6.66. The Bertz CT molecular complexity index is 652. The van der Waals surface area contributed by atoms with Crippen molar-refractivity contribution in [2.24, 2.45) is 5.10 Å². The number of hydrogen-bond acceptors (Lipinski definition) is 3. The highest BCUT2D eigenvalue weighted by atomic mass is 19.1. The second kappa shape index (κ2) is 8.36. The first-order valence-electron chi connectivity index (χ1n) is 6.66. The second-order valence-corrected chi connectivity index (χ2v) is 4.33. The van der Waals surface area contributed by atoms with Crippen LogP contribution in [0, 0.1) is 5.82 Å². The smallest absolute Gasteiger partial charge is 0.277 e. The molecular formula is C17H15FN2O2. The Morgan fingerprint density at radius 2 is 1.86 bits per heavy atom. The summed E-state index contributed by atoms with van der Waals surface area (Å²) >= 11 is 0. The lowest BCUT2D eigenvalue weighted by atomic mass is 10.2. The maximum atomic E-state index is 12.7. The van der Waals surface area contributed by atoms with Crippen LogP contribution in [0.5, 0.6) is 5.75 Å². The summed E-state index contributed by atoms with van der Waals surface area (Å²) in [5.74, 6) is -0.329. The van der Waals surface area contributed by atoms with Crippen molar-refractivity contribution in [3.8, 4) is 5.75 Å². The van der Waals surface area contributed by atoms with Crippen LogP contribution in [-0.2, 0) is 4.79 Å². The van der Waals surface area contributed by atoms with Crippen LogP contribution in [0.3, 0.4) is 0 Å². The minimum atomic E-state index is -0.395. The molecule has 4 nitrogen and oxygen atoms in total. The summed E-state index contributed by atoms with van der Waals surface area (Å²) < 4.78 is 17.9. The van der Waals surface area contributed by atoms with Crippen molar-refractivity contribution in [2.75, 3.05) is 6.61 Å². The first kappa shape index (κ1) is 15.4. The molecule has 112 valence electrons. The van der Waals surface area contributed by atoms with Crippen LogP contribution in [0.1, 0.15) is 5.56 Å². The molecule has 2 rings (SSSR count). The number of hydrogen-bond donors (Lipinski definition) is 1. The zero-order chi connectivity index (χ0) is 15.6. The van der Waals surface area contributed by atoms with Crippen molar-refractivity contribution in [3.63, 3.8) is 0 Å². The minimum Gasteiger partial charge on any atom is -0.484 e. The van der Waals surface area contributed by atoms with E-state index in [4.69, 9.17) is 4.74 Å². The Morgan fingerprint density at radius 1 is 1.14 bits per heavy atom. The van der Waals surface area contributed by atoms with Gasteiger partial charge in [0.15, 0.2) is 6.61 Å². The van der Waals surface area contributed by atoms with E-state index < -0.39 is 5.91 Å². The highest BCUT2D eigenvalue weighted by molar-refractivity contribution is 5.81. The summed E-state index contributed by atoms with van der Waals surface area (Å²) in [5, 5.41) is 3.76. The molecule has 0 unspecified atom stereocenters. The number of carbonyl (C=O) groups is 1. The molecule has 0 heterocycles. The van der Waals surface area contributed by atoms with Gasteiger partial charge in [-0.05, 0) is 35.9 Å². The molecule has 0 saturated carbocycles. The molecule has 0 aromatic heterocycles. The van der Waals surface area contributed by atoms with Crippen molar-refractivity contribution in [1.29, 1.82) is 0 Å². The Morgan fingerprint density at radius 3 is 2.59 bits per heavy atom. The van der Waals surface area contributed by atoms with Crippen molar-refractivity contribution < 1.29 is 13.9 Å². The highest BCUT2D eigenvalue weighted by Gasteiger charge is 2.00. The van der Waals surface area contributed by atoms with Gasteiger partial charge in [-0.15, -0.1) is 0 Å². The predicted octanol–water partition coefficient (Wildman–Crippen LogP) is 3.02. The molecule has 0 fully saturated rings. The normalized spacial score (nSPS) is 11.0. The Hall–Kier alpha value is -2.95. The van der Waals surface area contributed by atoms with E-state index >= 15 is 0 Å². The van der Waals surface area contributed by atoms with Crippen LogP contribution in [0.4, 0.5) is 4.39 Å². The van der Waals surface area contributed by atoms with E-state index in [1.165, 1.54) is 30.5 Å². The van der Waals surface area contributed by atoms with Gasteiger partial charge < -0.3 is 4.74 Å². The van der Waals surface area contributed by atoms with Crippen molar-refractivity contribution in [3.05, 3.63) is 72.1 Å². The predicted molar refractivity (Wildman–Crippen MR) is 84.0 cm³/mol. The number of ether oxygens (including phenoxy) is 1. The van der Waals surface area contributed by atoms with Gasteiger partial charge in [0.1, 0.15) is 11.6 Å². The van der Waals surface area contributed by atoms with E-state index in [-0.39, 0.29) is 12.4 Å². The largest absolute Gasteiger partial charge is 0.484 e. The number of amides is 1. The number of hydrazone groups is 1. The maximum Gasteiger partial charge on any atom is 0.277 e. The molecule has 2 aromatic rings. The van der Waals surface area contributed by atoms with Gasteiger partial charge in [0, 0.05) is 6.21 Å². The number of nitrogens with one attached hydrogen (secondary N) is 1. The van der Waals surface area contributed by atoms with E-state index in [2.05, 4.69) is 10.5 Å². The van der Waals surface area contributed by atoms with Gasteiger partial charge >= 0.3 is 0 Å². The van der Waals surface area contributed by atoms with Gasteiger partial charge in [0.2, 0.25) is 0 Å². The third kappa shape index (κ3) is 5.58. The molecule has 0 atom stereocenters. The van der Waals surface area contributed by atoms with Crippen LogP contribution in [0.25, 0.3) is 6.08 Å². The molecule has 0 radical (unpaired) electrons. The molecule has 0 spiro atoms. The Kier molecular flexibility index (Phi) is 5.87. The number of benzene rings is 2. The Balaban J connectivity index is 1.70. The summed E-state index contributed by atoms with van der Waals surface area (Å²) in [6.45, 7) is -0.189. The van der Waals surface area contributed by atoms with E-state index in [1.807, 2.05) is 36.4 Å². The Labute approximate surface area is 127 Å². The topological polar surface area (TPSA) is 50.7 Å². The van der Waals surface area contributed by atoms with Gasteiger partial charge in [0.05, 0.1) is 0 Å². The third-order valence-corrected chi connectivity index (χ3v) is 2.62. The fraction of sp³-hybridized carbons (Fsp3) is 0.0588. The first-order chi connectivity index (χ1) is 10.7. The lowest BCUT2D eigenvalue weighted by Crippen LogP contribution is -2.24. The average Bonchev–Trinajstić information content (AvgIpc) is 2.55. The number of nitrogens with zero attached hydrogens (tertiary/aromatic N) is 1. The molecule has 0 aliphatic carbocycles. The van der Waals surface area contributed by atoms with E-state index in [0.717, 1.165) is 5.56 Å². The average molecular weight is 298 g/mol. The lowest BCUT2D eigenvalue weighted by molar-refractivity contribution is -0.123. The van der Waals surface area contributed by atoms with Crippen LogP contribution in [0.15, 0.2) is 65.8 Å². The number of allylic oxidation sites excluding steroid dienone is 1. The zero-order valence-corrected chi connectivity index (χ0v) is 11.8. The van der Waals surface area contributed by atoms with Gasteiger partial charge in [-0.25, -0.2) is 9.82 Å². The van der Waals surface area contributed by atoms with Crippen LogP contribution in [-0.4, -0.2) is 18.7 Å². The molecule has 0 bridgehead atoms. The van der Waals surface area contributed by atoms with Crippen molar-refractivity contribution >= 4 is 18.2 Å². The van der Waals surface area contributed by atoms with Crippen molar-refractivity contribution in [2.45, 2.75) is 0 Å². The standard InChI is InChI=1S/C17H15FN2O2/c18-15-8-10-16(11-9-15)22-13-17(21)20-19-12-4-7-14-5-2-1-3-6-14/h1-12H,13H2,(H,20,21)/b7-4+,19-12-. The van der Waals surface area contributed by atoms with Gasteiger partial charge in [-0.2, -0.15) is 5.10 Å². The van der Waals surface area contributed by atoms with E-state index in [1.54, 1.807) is 6.08 Å². The monoisotopic (exact) mass is 298 g/mol. The SMILES string of the molecule is O=C(COc1ccc(F)cc1)N/N=C\C=C\c1ccccc1. The molecule has 0 aliphatic heterocycles. The third-order valence-electron chi connectivity index (χ3n) is 2.62. The van der Waals surface area contributed by atoms with Gasteiger partial charge in [0.25, 0.3) is 5.91 Å². The number of rotatable bonds is 6. The summed E-state index contributed by atoms with van der Waals surface area (Å²) in [5.41, 5.74) is 3.37. The van der Waals surface area contributed by atoms with E-state index in [9.17, 15) is 9.18 Å². The summed E-state index contributed by atoms with van der Waals surface area (Å²) in [4.78, 5) is 11.5. The second-order valence-electron chi connectivity index (χ2n) is 4.33. The quantitative estimate of drug-likeness (QED) is 0.658. The van der Waals surface area contributed by atoms with Gasteiger partial charge in [-0.3, -0.25) is 4.79 Å². The zero-order valence-electron chi connectivity index (χ0n) is 11.8. The van der Waals surface area contributed by atoms with E-state index in [0.29, 0.717) is 5.75 Å². The van der Waals surface area contributed by atoms with Crippen LogP contribution in [0.2, 0.25) is 0 Å². The lowest BCUT2D eigenvalue weighted by Gasteiger charge is -2.04. The highest BCUT2D eigenvalue weighted by Crippen LogP contribution is 2.10. The fourth-order valence-corrected chi connectivity index (χ4v) is 1.58. The molecule has 0 aliphatic rings. The number of halogens is 1. The summed E-state index contributed by atoms with van der Waals surface area (Å²) in [7, 11) is 0. The van der Waals surface area contributed by atoms with Crippen LogP contribution < -0.4 is 10.2 Å². The van der Waals surface area contributed by atoms with Crippen molar-refractivity contribution in [1.82, 2.24) is 5.43 Å². The minimum absolute atomic E-state index is 0.189. The molecule has 5 heteroatoms. The van der Waals surface area contributed by atoms with Gasteiger partial charge in [-0.1, -0.05) is 36.4 Å².